The minimum atomic E-state index is -3.29. The largest absolute Gasteiger partial charge is 0.365 e. The van der Waals surface area contributed by atoms with Gasteiger partial charge in [-0.25, -0.2) is 18.4 Å². The van der Waals surface area contributed by atoms with Crippen molar-refractivity contribution in [2.24, 2.45) is 0 Å². The minimum absolute atomic E-state index is 0.0632. The molecule has 0 bridgehead atoms. The maximum atomic E-state index is 11.4. The molecule has 3 aromatic rings. The Hall–Kier alpha value is -2.25. The van der Waals surface area contributed by atoms with Gasteiger partial charge in [0.2, 0.25) is 0 Å². The molecule has 7 heteroatoms. The minimum Gasteiger partial charge on any atom is -0.365 e. The van der Waals surface area contributed by atoms with E-state index in [0.29, 0.717) is 0 Å². The molecule has 0 amide bonds. The lowest BCUT2D eigenvalue weighted by molar-refractivity contribution is 0.598. The average Bonchev–Trinajstić information content (AvgIpc) is 3.06. The van der Waals surface area contributed by atoms with E-state index in [1.54, 1.807) is 17.4 Å². The second-order valence-corrected chi connectivity index (χ2v) is 7.99. The average molecular weight is 345 g/mol. The third-order valence-electron chi connectivity index (χ3n) is 3.18. The van der Waals surface area contributed by atoms with Gasteiger partial charge >= 0.3 is 0 Å². The van der Waals surface area contributed by atoms with Crippen molar-refractivity contribution < 1.29 is 8.42 Å². The lowest BCUT2D eigenvalue weighted by Gasteiger charge is -2.07. The highest BCUT2D eigenvalue weighted by molar-refractivity contribution is 7.90. The molecule has 0 radical (unpaired) electrons. The van der Waals surface area contributed by atoms with Gasteiger partial charge in [-0.2, -0.15) is 0 Å². The molecule has 0 aromatic carbocycles. The first-order valence-electron chi connectivity index (χ1n) is 6.92. The highest BCUT2D eigenvalue weighted by Gasteiger charge is 2.09. The third-order valence-corrected chi connectivity index (χ3v) is 5.06. The lowest BCUT2D eigenvalue weighted by Crippen LogP contribution is -2.01. The van der Waals surface area contributed by atoms with Gasteiger partial charge < -0.3 is 5.32 Å². The number of pyridine rings is 2. The Morgan fingerprint density at radius 3 is 2.65 bits per heavy atom. The number of aromatic nitrogens is 2. The number of nitrogens with zero attached hydrogens (tertiary/aromatic N) is 2. The molecule has 0 saturated carbocycles. The van der Waals surface area contributed by atoms with E-state index in [9.17, 15) is 8.42 Å². The first-order chi connectivity index (χ1) is 11.0. The van der Waals surface area contributed by atoms with E-state index in [-0.39, 0.29) is 5.03 Å². The van der Waals surface area contributed by atoms with Gasteiger partial charge in [0.1, 0.15) is 5.82 Å². The van der Waals surface area contributed by atoms with E-state index >= 15 is 0 Å². The highest BCUT2D eigenvalue weighted by atomic mass is 32.2. The summed E-state index contributed by atoms with van der Waals surface area (Å²) < 4.78 is 22.9. The summed E-state index contributed by atoms with van der Waals surface area (Å²) in [5.74, 6) is 0.767. The molecule has 5 nitrogen and oxygen atoms in total. The fraction of sp³-hybridized carbons (Fsp3) is 0.125. The summed E-state index contributed by atoms with van der Waals surface area (Å²) >= 11 is 1.69. The van der Waals surface area contributed by atoms with Crippen molar-refractivity contribution in [3.05, 3.63) is 58.9 Å². The predicted octanol–water partition coefficient (Wildman–Crippen LogP) is 3.22. The molecule has 3 aromatic heterocycles. The maximum absolute atomic E-state index is 11.4. The van der Waals surface area contributed by atoms with Crippen molar-refractivity contribution in [2.75, 3.05) is 11.6 Å². The normalized spacial score (nSPS) is 11.3. The molecule has 0 unspecified atom stereocenters. The summed E-state index contributed by atoms with van der Waals surface area (Å²) in [6.07, 6.45) is 2.67. The summed E-state index contributed by atoms with van der Waals surface area (Å²) in [6.45, 7) is 0.722. The van der Waals surface area contributed by atoms with Crippen LogP contribution >= 0.6 is 11.3 Å². The molecule has 0 aliphatic rings. The van der Waals surface area contributed by atoms with Crippen molar-refractivity contribution in [2.45, 2.75) is 11.6 Å². The first kappa shape index (κ1) is 15.6. The maximum Gasteiger partial charge on any atom is 0.192 e. The fourth-order valence-electron chi connectivity index (χ4n) is 2.04. The zero-order valence-electron chi connectivity index (χ0n) is 12.4. The number of hydrogen-bond donors (Lipinski definition) is 1. The van der Waals surface area contributed by atoms with Crippen LogP contribution in [0.4, 0.5) is 5.82 Å². The SMILES string of the molecule is CS(=O)(=O)c1ccc(-c2cccc(NCc3cccs3)n2)cn1. The molecule has 3 rings (SSSR count). The highest BCUT2D eigenvalue weighted by Crippen LogP contribution is 2.20. The Labute approximate surface area is 139 Å². The summed E-state index contributed by atoms with van der Waals surface area (Å²) in [5, 5.41) is 5.38. The summed E-state index contributed by atoms with van der Waals surface area (Å²) in [7, 11) is -3.29. The summed E-state index contributed by atoms with van der Waals surface area (Å²) in [5.41, 5.74) is 1.52. The van der Waals surface area contributed by atoms with E-state index < -0.39 is 9.84 Å². The Balaban J connectivity index is 1.79. The van der Waals surface area contributed by atoms with Crippen LogP contribution in [0, 0.1) is 0 Å². The molecular formula is C16H15N3O2S2. The smallest absolute Gasteiger partial charge is 0.192 e. The Bertz CT molecular complexity index is 889. The fourth-order valence-corrected chi connectivity index (χ4v) is 3.24. The predicted molar refractivity (Wildman–Crippen MR) is 92.2 cm³/mol. The van der Waals surface area contributed by atoms with Crippen LogP contribution in [0.1, 0.15) is 4.88 Å². The number of thiophene rings is 1. The molecule has 0 fully saturated rings. The van der Waals surface area contributed by atoms with Crippen molar-refractivity contribution in [3.8, 4) is 11.3 Å². The molecule has 3 heterocycles. The quantitative estimate of drug-likeness (QED) is 0.769. The molecular weight excluding hydrogens is 330 g/mol. The van der Waals surface area contributed by atoms with E-state index in [1.807, 2.05) is 29.6 Å². The van der Waals surface area contributed by atoms with Crippen LogP contribution in [0.15, 0.2) is 59.1 Å². The zero-order valence-corrected chi connectivity index (χ0v) is 14.1. The molecule has 0 aliphatic carbocycles. The summed E-state index contributed by atoms with van der Waals surface area (Å²) in [6, 6.07) is 13.0. The van der Waals surface area contributed by atoms with E-state index in [2.05, 4.69) is 21.4 Å². The van der Waals surface area contributed by atoms with Gasteiger partial charge in [0, 0.05) is 22.9 Å². The number of nitrogens with one attached hydrogen (secondary N) is 1. The van der Waals surface area contributed by atoms with Crippen LogP contribution < -0.4 is 5.32 Å². The van der Waals surface area contributed by atoms with Gasteiger partial charge in [-0.3, -0.25) is 0 Å². The van der Waals surface area contributed by atoms with Gasteiger partial charge in [-0.1, -0.05) is 12.1 Å². The molecule has 0 saturated heterocycles. The Kier molecular flexibility index (Phi) is 4.40. The van der Waals surface area contributed by atoms with E-state index in [4.69, 9.17) is 0 Å². The van der Waals surface area contributed by atoms with Gasteiger partial charge in [-0.15, -0.1) is 11.3 Å². The van der Waals surface area contributed by atoms with Crippen molar-refractivity contribution in [3.63, 3.8) is 0 Å². The van der Waals surface area contributed by atoms with Crippen LogP contribution in [0.5, 0.6) is 0 Å². The Morgan fingerprint density at radius 2 is 2.00 bits per heavy atom. The van der Waals surface area contributed by atoms with Crippen molar-refractivity contribution >= 4 is 27.0 Å². The van der Waals surface area contributed by atoms with Gasteiger partial charge in [0.25, 0.3) is 0 Å². The van der Waals surface area contributed by atoms with E-state index in [1.165, 1.54) is 17.1 Å². The monoisotopic (exact) mass is 345 g/mol. The molecule has 0 atom stereocenters. The van der Waals surface area contributed by atoms with Crippen LogP contribution in [0.3, 0.4) is 0 Å². The summed E-state index contributed by atoms with van der Waals surface area (Å²) in [4.78, 5) is 9.77. The van der Waals surface area contributed by atoms with Gasteiger partial charge in [0.15, 0.2) is 14.9 Å². The lowest BCUT2D eigenvalue weighted by atomic mass is 10.2. The second-order valence-electron chi connectivity index (χ2n) is 5.00. The zero-order chi connectivity index (χ0) is 16.3. The van der Waals surface area contributed by atoms with Crippen LogP contribution in [0.25, 0.3) is 11.3 Å². The first-order valence-corrected chi connectivity index (χ1v) is 9.69. The van der Waals surface area contributed by atoms with Crippen LogP contribution in [-0.4, -0.2) is 24.6 Å². The van der Waals surface area contributed by atoms with E-state index in [0.717, 1.165) is 29.9 Å². The molecule has 0 spiro atoms. The number of sulfone groups is 1. The van der Waals surface area contributed by atoms with Gasteiger partial charge in [0.05, 0.1) is 12.2 Å². The topological polar surface area (TPSA) is 72.0 Å². The second kappa shape index (κ2) is 6.47. The molecule has 118 valence electrons. The number of anilines is 1. The van der Waals surface area contributed by atoms with Crippen LogP contribution in [0.2, 0.25) is 0 Å². The number of hydrogen-bond acceptors (Lipinski definition) is 6. The third kappa shape index (κ3) is 3.94. The molecule has 0 aliphatic heterocycles. The molecule has 1 N–H and O–H groups in total. The van der Waals surface area contributed by atoms with Crippen LogP contribution in [-0.2, 0) is 16.4 Å². The van der Waals surface area contributed by atoms with Gasteiger partial charge in [-0.05, 0) is 35.7 Å². The Morgan fingerprint density at radius 1 is 1.13 bits per heavy atom. The number of rotatable bonds is 5. The van der Waals surface area contributed by atoms with Crippen molar-refractivity contribution in [1.29, 1.82) is 0 Å². The van der Waals surface area contributed by atoms with Crippen molar-refractivity contribution in [1.82, 2.24) is 9.97 Å². The standard InChI is InChI=1S/C16H15N3O2S2/c1-23(20,21)16-8-7-12(10-18-16)14-5-2-6-15(19-14)17-11-13-4-3-9-22-13/h2-10H,11H2,1H3,(H,17,19). The molecule has 23 heavy (non-hydrogen) atoms.